The number of para-hydroxylation sites is 2. The molecule has 1 aromatic heterocycles. The van der Waals surface area contributed by atoms with E-state index in [0.717, 1.165) is 0 Å². The van der Waals surface area contributed by atoms with Crippen molar-refractivity contribution in [2.45, 2.75) is 5.72 Å². The summed E-state index contributed by atoms with van der Waals surface area (Å²) in [6, 6.07) is 19.9. The van der Waals surface area contributed by atoms with Gasteiger partial charge in [-0.2, -0.15) is 15.2 Å². The van der Waals surface area contributed by atoms with Crippen molar-refractivity contribution in [2.24, 2.45) is 21.4 Å². The van der Waals surface area contributed by atoms with E-state index >= 15 is 0 Å². The fraction of sp³-hybridized carbons (Fsp3) is 0.0909. The first kappa shape index (κ1) is 16.9. The minimum Gasteiger partial charge on any atom is -0.384 e. The Morgan fingerprint density at radius 2 is 1.57 bits per heavy atom. The molecule has 3 aromatic rings. The smallest absolute Gasteiger partial charge is 0.273 e. The molecule has 1 aliphatic carbocycles. The molecule has 3 heterocycles. The number of carbonyl (C=O) groups excluding carboxylic acids is 1. The van der Waals surface area contributed by atoms with E-state index in [1.54, 1.807) is 42.7 Å². The molecule has 0 saturated carbocycles. The Balaban J connectivity index is 1.64. The van der Waals surface area contributed by atoms with Gasteiger partial charge in [0.2, 0.25) is 11.1 Å². The molecule has 2 aliphatic heterocycles. The minimum atomic E-state index is -1.86. The summed E-state index contributed by atoms with van der Waals surface area (Å²) in [7, 11) is 0. The van der Waals surface area contributed by atoms with Crippen LogP contribution in [0.2, 0.25) is 0 Å². The molecule has 0 saturated heterocycles. The highest BCUT2D eigenvalue weighted by Crippen LogP contribution is 2.60. The second kappa shape index (κ2) is 5.52. The van der Waals surface area contributed by atoms with Crippen LogP contribution in [-0.2, 0) is 10.5 Å². The average molecular weight is 396 g/mol. The van der Waals surface area contributed by atoms with Gasteiger partial charge in [0, 0.05) is 23.5 Å². The van der Waals surface area contributed by atoms with E-state index < -0.39 is 17.0 Å². The zero-order valence-electron chi connectivity index (χ0n) is 15.7. The molecule has 8 nitrogen and oxygen atoms in total. The Kier molecular flexibility index (Phi) is 3.10. The third kappa shape index (κ3) is 1.71. The van der Waals surface area contributed by atoms with Gasteiger partial charge in [0.1, 0.15) is 5.84 Å². The molecule has 3 aliphatic rings. The summed E-state index contributed by atoms with van der Waals surface area (Å²) < 4.78 is 0. The van der Waals surface area contributed by atoms with Gasteiger partial charge in [-0.15, -0.1) is 0 Å². The first-order valence-electron chi connectivity index (χ1n) is 9.46. The summed E-state index contributed by atoms with van der Waals surface area (Å²) in [6.45, 7) is 0. The van der Waals surface area contributed by atoms with Crippen LogP contribution in [-0.4, -0.2) is 27.5 Å². The lowest BCUT2D eigenvalue weighted by atomic mass is 9.75. The average Bonchev–Trinajstić information content (AvgIpc) is 3.32. The van der Waals surface area contributed by atoms with Crippen LogP contribution in [0.15, 0.2) is 89.3 Å². The fourth-order valence-electron chi connectivity index (χ4n) is 4.64. The third-order valence-corrected chi connectivity index (χ3v) is 5.94. The molecule has 2 atom stereocenters. The van der Waals surface area contributed by atoms with Crippen molar-refractivity contribution < 1.29 is 9.90 Å². The number of nitrogens with two attached hydrogens (primary N) is 1. The Morgan fingerprint density at radius 1 is 0.900 bits per heavy atom. The number of amidine groups is 1. The molecule has 30 heavy (non-hydrogen) atoms. The van der Waals surface area contributed by atoms with Gasteiger partial charge in [-0.05, 0) is 30.3 Å². The number of aliphatic hydroxyl groups is 1. The molecule has 0 fully saturated rings. The van der Waals surface area contributed by atoms with Gasteiger partial charge in [-0.3, -0.25) is 9.78 Å². The molecule has 0 bridgehead atoms. The molecule has 1 spiro atoms. The summed E-state index contributed by atoms with van der Waals surface area (Å²) in [5.74, 6) is -0.464. The number of hydrogen-bond acceptors (Lipinski definition) is 7. The van der Waals surface area contributed by atoms with E-state index in [4.69, 9.17) is 5.73 Å². The lowest BCUT2D eigenvalue weighted by molar-refractivity contribution is -0.130. The fourth-order valence-corrected chi connectivity index (χ4v) is 4.64. The van der Waals surface area contributed by atoms with E-state index in [1.165, 1.54) is 10.0 Å². The van der Waals surface area contributed by atoms with Crippen molar-refractivity contribution in [2.75, 3.05) is 10.0 Å². The topological polar surface area (TPSA) is 107 Å². The molecule has 2 unspecified atom stereocenters. The van der Waals surface area contributed by atoms with Crippen LogP contribution in [0, 0.1) is 5.41 Å². The van der Waals surface area contributed by atoms with Crippen LogP contribution in [0.3, 0.4) is 0 Å². The molecule has 146 valence electrons. The Labute approximate surface area is 171 Å². The highest BCUT2D eigenvalue weighted by atomic mass is 16.3. The van der Waals surface area contributed by atoms with Crippen molar-refractivity contribution in [1.29, 1.82) is 0 Å². The molecular weight excluding hydrogens is 380 g/mol. The number of fused-ring (bicyclic) bond motifs is 3. The van der Waals surface area contributed by atoms with Gasteiger partial charge in [0.25, 0.3) is 5.91 Å². The molecule has 3 N–H and O–H groups in total. The van der Waals surface area contributed by atoms with E-state index in [0.29, 0.717) is 28.2 Å². The van der Waals surface area contributed by atoms with Gasteiger partial charge in [0.15, 0.2) is 0 Å². The molecule has 0 radical (unpaired) electrons. The molecule has 1 amide bonds. The van der Waals surface area contributed by atoms with Crippen LogP contribution >= 0.6 is 0 Å². The van der Waals surface area contributed by atoms with Crippen molar-refractivity contribution >= 4 is 28.8 Å². The normalized spacial score (nSPS) is 26.2. The summed E-state index contributed by atoms with van der Waals surface area (Å²) in [5, 5.41) is 24.0. The number of hydrogen-bond donors (Lipinski definition) is 2. The predicted octanol–water partition coefficient (Wildman–Crippen LogP) is 1.77. The molecule has 2 aromatic carbocycles. The van der Waals surface area contributed by atoms with Crippen LogP contribution in [0.25, 0.3) is 0 Å². The summed E-state index contributed by atoms with van der Waals surface area (Å²) >= 11 is 0. The first-order chi connectivity index (χ1) is 14.6. The van der Waals surface area contributed by atoms with Gasteiger partial charge >= 0.3 is 0 Å². The van der Waals surface area contributed by atoms with Crippen LogP contribution in [0.4, 0.5) is 11.4 Å². The third-order valence-electron chi connectivity index (χ3n) is 5.94. The Bertz CT molecular complexity index is 1260. The number of amides is 1. The van der Waals surface area contributed by atoms with Crippen LogP contribution in [0.5, 0.6) is 0 Å². The second-order valence-corrected chi connectivity index (χ2v) is 7.38. The molecule has 8 heteroatoms. The maximum atomic E-state index is 13.9. The van der Waals surface area contributed by atoms with E-state index in [1.807, 2.05) is 36.4 Å². The van der Waals surface area contributed by atoms with Crippen molar-refractivity contribution in [1.82, 2.24) is 4.98 Å². The predicted molar refractivity (Wildman–Crippen MR) is 112 cm³/mol. The zero-order valence-corrected chi connectivity index (χ0v) is 15.7. The van der Waals surface area contributed by atoms with Crippen molar-refractivity contribution in [3.05, 3.63) is 90.3 Å². The number of anilines is 2. The van der Waals surface area contributed by atoms with E-state index in [-0.39, 0.29) is 5.84 Å². The van der Waals surface area contributed by atoms with Gasteiger partial charge < -0.3 is 10.8 Å². The number of benzene rings is 2. The van der Waals surface area contributed by atoms with Crippen molar-refractivity contribution in [3.8, 4) is 0 Å². The monoisotopic (exact) mass is 396 g/mol. The first-order valence-corrected chi connectivity index (χ1v) is 9.46. The number of nitrogens with zero attached hydrogens (tertiary/aromatic N) is 5. The van der Waals surface area contributed by atoms with E-state index in [2.05, 4.69) is 15.2 Å². The summed E-state index contributed by atoms with van der Waals surface area (Å²) in [4.78, 5) is 18.1. The highest BCUT2D eigenvalue weighted by molar-refractivity contribution is 6.40. The lowest BCUT2D eigenvalue weighted by Crippen LogP contribution is -2.60. The Hall–Kier alpha value is -4.04. The Morgan fingerprint density at radius 3 is 2.27 bits per heavy atom. The maximum Gasteiger partial charge on any atom is 0.273 e. The summed E-state index contributed by atoms with van der Waals surface area (Å²) in [5.41, 5.74) is 5.49. The minimum absolute atomic E-state index is 0.00719. The van der Waals surface area contributed by atoms with Gasteiger partial charge in [0.05, 0.1) is 17.1 Å². The number of aromatic nitrogens is 1. The number of carbonyl (C=O) groups is 1. The number of pyridine rings is 1. The van der Waals surface area contributed by atoms with Crippen LogP contribution < -0.4 is 15.8 Å². The second-order valence-electron chi connectivity index (χ2n) is 7.38. The van der Waals surface area contributed by atoms with Gasteiger partial charge in [-0.25, -0.2) is 5.01 Å². The standard InChI is InChI=1S/C22H16N6O2/c23-19-21-18(25-27(20(21)29)14-7-3-1-4-8-14)16-13-24-12-11-17(16)22(21,30)28(26-19)15-9-5-2-6-10-15/h1-13,30H,(H2,23,26). The SMILES string of the molecule is NC1=NN(c2ccccc2)C2(O)c3ccncc3C3=NN(c4ccccc4)C(=O)C132. The maximum absolute atomic E-state index is 13.9. The van der Waals surface area contributed by atoms with E-state index in [9.17, 15) is 9.90 Å². The quantitative estimate of drug-likeness (QED) is 0.687. The molecule has 6 rings (SSSR count). The van der Waals surface area contributed by atoms with Gasteiger partial charge in [-0.1, -0.05) is 36.4 Å². The number of hydrazone groups is 2. The van der Waals surface area contributed by atoms with Crippen LogP contribution in [0.1, 0.15) is 11.1 Å². The summed E-state index contributed by atoms with van der Waals surface area (Å²) in [6.07, 6.45) is 3.17. The molecular formula is C22H16N6O2. The zero-order chi connectivity index (χ0) is 20.5. The van der Waals surface area contributed by atoms with Crippen molar-refractivity contribution in [3.63, 3.8) is 0 Å². The lowest BCUT2D eigenvalue weighted by Gasteiger charge is -2.38. The highest BCUT2D eigenvalue weighted by Gasteiger charge is 2.78. The number of rotatable bonds is 2. The largest absolute Gasteiger partial charge is 0.384 e.